The van der Waals surface area contributed by atoms with E-state index in [1.54, 1.807) is 24.5 Å². The molecular weight excluding hydrogens is 300 g/mol. The molecule has 2 aromatic rings. The largest absolute Gasteiger partial charge is 0.372 e. The van der Waals surface area contributed by atoms with Gasteiger partial charge in [-0.05, 0) is 56.0 Å². The third-order valence-electron chi connectivity index (χ3n) is 4.27. The molecule has 0 aliphatic carbocycles. The summed E-state index contributed by atoms with van der Waals surface area (Å²) in [7, 11) is 0. The van der Waals surface area contributed by atoms with Crippen LogP contribution in [0, 0.1) is 0 Å². The van der Waals surface area contributed by atoms with Crippen LogP contribution in [0.25, 0.3) is 0 Å². The smallest absolute Gasteiger partial charge is 0.271 e. The van der Waals surface area contributed by atoms with Crippen molar-refractivity contribution in [3.05, 3.63) is 59.9 Å². The van der Waals surface area contributed by atoms with Crippen LogP contribution in [0.5, 0.6) is 0 Å². The first-order valence-corrected chi connectivity index (χ1v) is 8.34. The number of pyridine rings is 1. The number of hydrogen-bond donors (Lipinski definition) is 1. The van der Waals surface area contributed by atoms with Crippen molar-refractivity contribution in [3.8, 4) is 0 Å². The number of hydrogen-bond acceptors (Lipinski definition) is 4. The summed E-state index contributed by atoms with van der Waals surface area (Å²) in [5, 5.41) is 4.20. The van der Waals surface area contributed by atoms with Gasteiger partial charge in [0.05, 0.1) is 5.71 Å². The number of nitrogens with one attached hydrogen (secondary N) is 1. The lowest BCUT2D eigenvalue weighted by molar-refractivity contribution is 0.0954. The van der Waals surface area contributed by atoms with Crippen molar-refractivity contribution in [3.63, 3.8) is 0 Å². The average molecular weight is 322 g/mol. The molecule has 1 N–H and O–H groups in total. The highest BCUT2D eigenvalue weighted by Crippen LogP contribution is 2.20. The van der Waals surface area contributed by atoms with Crippen molar-refractivity contribution in [1.29, 1.82) is 0 Å². The van der Waals surface area contributed by atoms with Gasteiger partial charge in [0.15, 0.2) is 0 Å². The lowest BCUT2D eigenvalue weighted by Crippen LogP contribution is -2.29. The Balaban J connectivity index is 1.64. The van der Waals surface area contributed by atoms with E-state index >= 15 is 0 Å². The topological polar surface area (TPSA) is 57.6 Å². The molecule has 1 fully saturated rings. The van der Waals surface area contributed by atoms with E-state index in [0.717, 1.165) is 24.4 Å². The van der Waals surface area contributed by atoms with Gasteiger partial charge in [-0.25, -0.2) is 5.43 Å². The zero-order valence-corrected chi connectivity index (χ0v) is 13.9. The van der Waals surface area contributed by atoms with Crippen LogP contribution in [-0.2, 0) is 0 Å². The number of aromatic nitrogens is 1. The number of nitrogens with zero attached hydrogens (tertiary/aromatic N) is 3. The van der Waals surface area contributed by atoms with Crippen molar-refractivity contribution in [2.75, 3.05) is 18.0 Å². The van der Waals surface area contributed by atoms with Gasteiger partial charge in [0.1, 0.15) is 0 Å². The van der Waals surface area contributed by atoms with Gasteiger partial charge in [-0.2, -0.15) is 5.10 Å². The molecule has 0 unspecified atom stereocenters. The van der Waals surface area contributed by atoms with Crippen LogP contribution >= 0.6 is 0 Å². The molecule has 0 atom stereocenters. The summed E-state index contributed by atoms with van der Waals surface area (Å²) in [4.78, 5) is 18.3. The number of anilines is 1. The molecular formula is C19H22N4O. The van der Waals surface area contributed by atoms with E-state index in [2.05, 4.69) is 44.7 Å². The number of piperidine rings is 1. The first-order valence-electron chi connectivity index (χ1n) is 8.34. The summed E-state index contributed by atoms with van der Waals surface area (Å²) in [6.45, 7) is 4.16. The summed E-state index contributed by atoms with van der Waals surface area (Å²) >= 11 is 0. The van der Waals surface area contributed by atoms with Crippen molar-refractivity contribution < 1.29 is 4.79 Å². The van der Waals surface area contributed by atoms with Gasteiger partial charge in [-0.1, -0.05) is 12.1 Å². The second-order valence-corrected chi connectivity index (χ2v) is 5.97. The molecule has 0 spiro atoms. The number of hydrazone groups is 1. The summed E-state index contributed by atoms with van der Waals surface area (Å²) < 4.78 is 0. The fourth-order valence-electron chi connectivity index (χ4n) is 2.83. The second-order valence-electron chi connectivity index (χ2n) is 5.97. The maximum absolute atomic E-state index is 12.0. The Bertz CT molecular complexity index is 704. The van der Waals surface area contributed by atoms with Gasteiger partial charge in [0.25, 0.3) is 5.91 Å². The summed E-state index contributed by atoms with van der Waals surface area (Å²) in [6, 6.07) is 11.7. The Morgan fingerprint density at radius 1 is 1.00 bits per heavy atom. The van der Waals surface area contributed by atoms with Gasteiger partial charge < -0.3 is 4.90 Å². The van der Waals surface area contributed by atoms with Crippen molar-refractivity contribution >= 4 is 17.3 Å². The number of carbonyl (C=O) groups is 1. The predicted octanol–water partition coefficient (Wildman–Crippen LogP) is 3.23. The maximum Gasteiger partial charge on any atom is 0.271 e. The fraction of sp³-hybridized carbons (Fsp3) is 0.316. The van der Waals surface area contributed by atoms with Crippen LogP contribution < -0.4 is 10.3 Å². The summed E-state index contributed by atoms with van der Waals surface area (Å²) in [5.74, 6) is -0.235. The minimum atomic E-state index is -0.235. The zero-order chi connectivity index (χ0) is 16.8. The third kappa shape index (κ3) is 3.98. The first-order chi connectivity index (χ1) is 11.7. The number of amides is 1. The normalized spacial score (nSPS) is 15.2. The van der Waals surface area contributed by atoms with Crippen LogP contribution in [0.15, 0.2) is 53.9 Å². The van der Waals surface area contributed by atoms with E-state index in [1.807, 2.05) is 6.92 Å². The van der Waals surface area contributed by atoms with Crippen LogP contribution in [0.3, 0.4) is 0 Å². The Hall–Kier alpha value is -2.69. The fourth-order valence-corrected chi connectivity index (χ4v) is 2.83. The van der Waals surface area contributed by atoms with Crippen molar-refractivity contribution in [1.82, 2.24) is 10.4 Å². The minimum Gasteiger partial charge on any atom is -0.372 e. The molecule has 2 heterocycles. The molecule has 3 rings (SSSR count). The standard InChI is InChI=1S/C19H22N4O/c1-15(21-22-19(24)17-9-11-20-12-10-17)16-5-7-18(8-6-16)23-13-3-2-4-14-23/h5-12H,2-4,13-14H2,1H3,(H,22,24)/b21-15+. The molecule has 5 heteroatoms. The molecule has 1 saturated heterocycles. The Labute approximate surface area is 142 Å². The van der Waals surface area contributed by atoms with Crippen LogP contribution in [0.1, 0.15) is 42.1 Å². The molecule has 5 nitrogen and oxygen atoms in total. The van der Waals surface area contributed by atoms with E-state index in [0.29, 0.717) is 5.56 Å². The number of benzene rings is 1. The minimum absolute atomic E-state index is 0.235. The quantitative estimate of drug-likeness (QED) is 0.694. The second kappa shape index (κ2) is 7.73. The number of rotatable bonds is 4. The molecule has 1 aromatic heterocycles. The maximum atomic E-state index is 12.0. The van der Waals surface area contributed by atoms with E-state index < -0.39 is 0 Å². The van der Waals surface area contributed by atoms with Crippen molar-refractivity contribution in [2.45, 2.75) is 26.2 Å². The third-order valence-corrected chi connectivity index (χ3v) is 4.27. The van der Waals surface area contributed by atoms with E-state index in [-0.39, 0.29) is 5.91 Å². The van der Waals surface area contributed by atoms with Crippen LogP contribution in [0.4, 0.5) is 5.69 Å². The van der Waals surface area contributed by atoms with E-state index in [9.17, 15) is 4.79 Å². The lowest BCUT2D eigenvalue weighted by atomic mass is 10.1. The van der Waals surface area contributed by atoms with Gasteiger partial charge in [0.2, 0.25) is 0 Å². The van der Waals surface area contributed by atoms with Crippen LogP contribution in [0.2, 0.25) is 0 Å². The predicted molar refractivity (Wildman–Crippen MR) is 96.4 cm³/mol. The highest BCUT2D eigenvalue weighted by atomic mass is 16.2. The van der Waals surface area contributed by atoms with Crippen molar-refractivity contribution in [2.24, 2.45) is 5.10 Å². The lowest BCUT2D eigenvalue weighted by Gasteiger charge is -2.28. The Kier molecular flexibility index (Phi) is 5.21. The molecule has 0 saturated carbocycles. The SMILES string of the molecule is C/C(=N\NC(=O)c1ccncc1)c1ccc(N2CCCCC2)cc1. The first kappa shape index (κ1) is 16.2. The average Bonchev–Trinajstić information content (AvgIpc) is 2.67. The van der Waals surface area contributed by atoms with E-state index in [4.69, 9.17) is 0 Å². The molecule has 1 amide bonds. The molecule has 0 bridgehead atoms. The highest BCUT2D eigenvalue weighted by molar-refractivity contribution is 6.01. The molecule has 24 heavy (non-hydrogen) atoms. The summed E-state index contributed by atoms with van der Waals surface area (Å²) in [5.41, 5.74) is 6.17. The molecule has 0 radical (unpaired) electrons. The highest BCUT2D eigenvalue weighted by Gasteiger charge is 2.11. The van der Waals surface area contributed by atoms with Gasteiger partial charge in [-0.3, -0.25) is 9.78 Å². The van der Waals surface area contributed by atoms with Gasteiger partial charge >= 0.3 is 0 Å². The van der Waals surface area contributed by atoms with Crippen LogP contribution in [-0.4, -0.2) is 29.7 Å². The molecule has 124 valence electrons. The number of carbonyl (C=O) groups excluding carboxylic acids is 1. The molecule has 1 aromatic carbocycles. The molecule has 1 aliphatic rings. The van der Waals surface area contributed by atoms with Gasteiger partial charge in [0, 0.05) is 36.7 Å². The monoisotopic (exact) mass is 322 g/mol. The Morgan fingerprint density at radius 2 is 1.67 bits per heavy atom. The summed E-state index contributed by atoms with van der Waals surface area (Å²) in [6.07, 6.45) is 7.04. The molecule has 1 aliphatic heterocycles. The Morgan fingerprint density at radius 3 is 2.33 bits per heavy atom. The van der Waals surface area contributed by atoms with Gasteiger partial charge in [-0.15, -0.1) is 0 Å². The van der Waals surface area contributed by atoms with E-state index in [1.165, 1.54) is 24.9 Å². The zero-order valence-electron chi connectivity index (χ0n) is 13.9.